The number of methoxy groups -OCH3 is 1. The zero-order valence-electron chi connectivity index (χ0n) is 15.5. The molecule has 0 spiro atoms. The molecular weight excluding hydrogens is 408 g/mol. The predicted molar refractivity (Wildman–Crippen MR) is 104 cm³/mol. The molecule has 0 radical (unpaired) electrons. The smallest absolute Gasteiger partial charge is 0.229 e. The first kappa shape index (κ1) is 21.0. The minimum Gasteiger partial charge on any atom is -0.381 e. The van der Waals surface area contributed by atoms with Crippen molar-refractivity contribution in [3.8, 4) is 0 Å². The molecule has 1 heterocycles. The fourth-order valence-electron chi connectivity index (χ4n) is 3.17. The SMILES string of the molecule is COC1(c2cc(F)cc(Sc3ccc(NS(C)(=O)=O)c(F)c3)c2)CCOCC1. The molecule has 1 aliphatic heterocycles. The molecule has 0 bridgehead atoms. The summed E-state index contributed by atoms with van der Waals surface area (Å²) < 4.78 is 64.2. The molecule has 0 aliphatic carbocycles. The Bertz CT molecular complexity index is 960. The van der Waals surface area contributed by atoms with E-state index in [4.69, 9.17) is 9.47 Å². The van der Waals surface area contributed by atoms with Crippen LogP contribution in [0.25, 0.3) is 0 Å². The second-order valence-corrected chi connectivity index (χ2v) is 9.50. The highest BCUT2D eigenvalue weighted by Crippen LogP contribution is 2.39. The van der Waals surface area contributed by atoms with E-state index in [0.717, 1.165) is 11.8 Å². The largest absolute Gasteiger partial charge is 0.381 e. The maximum absolute atomic E-state index is 14.3. The van der Waals surface area contributed by atoms with Crippen LogP contribution in [0.2, 0.25) is 0 Å². The monoisotopic (exact) mass is 429 g/mol. The van der Waals surface area contributed by atoms with Crippen LogP contribution in [-0.4, -0.2) is 35.0 Å². The summed E-state index contributed by atoms with van der Waals surface area (Å²) in [7, 11) is -1.97. The standard InChI is InChI=1S/C19H21F2NO4S2/c1-25-19(5-7-26-8-6-19)13-9-14(20)11-16(10-13)27-15-3-4-18(17(21)12-15)22-28(2,23)24/h3-4,9-12,22H,5-8H2,1-2H3. The molecule has 1 aliphatic rings. The van der Waals surface area contributed by atoms with Gasteiger partial charge in [-0.25, -0.2) is 17.2 Å². The lowest BCUT2D eigenvalue weighted by molar-refractivity contribution is -0.0950. The summed E-state index contributed by atoms with van der Waals surface area (Å²) in [6, 6.07) is 8.79. The van der Waals surface area contributed by atoms with Gasteiger partial charge in [0.25, 0.3) is 0 Å². The molecule has 1 fully saturated rings. The summed E-state index contributed by atoms with van der Waals surface area (Å²) >= 11 is 1.19. The van der Waals surface area contributed by atoms with Gasteiger partial charge >= 0.3 is 0 Å². The Morgan fingerprint density at radius 3 is 2.43 bits per heavy atom. The van der Waals surface area contributed by atoms with Gasteiger partial charge in [-0.3, -0.25) is 4.72 Å². The van der Waals surface area contributed by atoms with Gasteiger partial charge in [0.1, 0.15) is 11.6 Å². The van der Waals surface area contributed by atoms with E-state index < -0.39 is 27.3 Å². The highest BCUT2D eigenvalue weighted by molar-refractivity contribution is 7.99. The van der Waals surface area contributed by atoms with Crippen LogP contribution in [-0.2, 0) is 25.1 Å². The van der Waals surface area contributed by atoms with E-state index in [1.54, 1.807) is 13.2 Å². The number of rotatable bonds is 6. The van der Waals surface area contributed by atoms with Gasteiger partial charge in [-0.2, -0.15) is 0 Å². The topological polar surface area (TPSA) is 64.6 Å². The van der Waals surface area contributed by atoms with Crippen LogP contribution in [0.4, 0.5) is 14.5 Å². The second kappa shape index (κ2) is 8.36. The average molecular weight is 430 g/mol. The Morgan fingerprint density at radius 2 is 1.82 bits per heavy atom. The number of nitrogens with one attached hydrogen (secondary N) is 1. The predicted octanol–water partition coefficient (Wildman–Crippen LogP) is 4.14. The molecule has 2 aromatic carbocycles. The number of halogens is 2. The molecule has 0 atom stereocenters. The normalized spacial score (nSPS) is 16.7. The van der Waals surface area contributed by atoms with Crippen LogP contribution in [0.15, 0.2) is 46.2 Å². The van der Waals surface area contributed by atoms with Gasteiger partial charge in [0.05, 0.1) is 17.5 Å². The molecule has 152 valence electrons. The van der Waals surface area contributed by atoms with E-state index >= 15 is 0 Å². The third-order valence-corrected chi connectivity index (χ3v) is 6.11. The molecule has 2 aromatic rings. The number of benzene rings is 2. The molecule has 0 amide bonds. The zero-order valence-corrected chi connectivity index (χ0v) is 17.1. The molecule has 5 nitrogen and oxygen atoms in total. The summed E-state index contributed by atoms with van der Waals surface area (Å²) in [6.07, 6.45) is 2.19. The van der Waals surface area contributed by atoms with Gasteiger partial charge in [-0.15, -0.1) is 0 Å². The van der Waals surface area contributed by atoms with Crippen LogP contribution in [0, 0.1) is 11.6 Å². The number of hydrogen-bond donors (Lipinski definition) is 1. The maximum atomic E-state index is 14.3. The highest BCUT2D eigenvalue weighted by Gasteiger charge is 2.35. The average Bonchev–Trinajstić information content (AvgIpc) is 2.63. The van der Waals surface area contributed by atoms with Crippen molar-refractivity contribution < 1.29 is 26.7 Å². The van der Waals surface area contributed by atoms with Crippen molar-refractivity contribution in [3.05, 3.63) is 53.6 Å². The van der Waals surface area contributed by atoms with Gasteiger partial charge in [0.2, 0.25) is 10.0 Å². The van der Waals surface area contributed by atoms with Crippen LogP contribution >= 0.6 is 11.8 Å². The number of sulfonamides is 1. The Morgan fingerprint density at radius 1 is 1.11 bits per heavy atom. The van der Waals surface area contributed by atoms with Crippen LogP contribution in [0.5, 0.6) is 0 Å². The first-order valence-corrected chi connectivity index (χ1v) is 11.3. The van der Waals surface area contributed by atoms with Gasteiger partial charge in [0, 0.05) is 43.0 Å². The maximum Gasteiger partial charge on any atom is 0.229 e. The van der Waals surface area contributed by atoms with Crippen LogP contribution < -0.4 is 4.72 Å². The Kier molecular flexibility index (Phi) is 6.28. The highest BCUT2D eigenvalue weighted by atomic mass is 32.2. The summed E-state index contributed by atoms with van der Waals surface area (Å²) in [4.78, 5) is 1.12. The lowest BCUT2D eigenvalue weighted by atomic mass is 9.86. The quantitative estimate of drug-likeness (QED) is 0.748. The Balaban J connectivity index is 1.87. The summed E-state index contributed by atoms with van der Waals surface area (Å²) in [5.74, 6) is -1.11. The van der Waals surface area contributed by atoms with Crippen molar-refractivity contribution in [2.24, 2.45) is 0 Å². The first-order valence-electron chi connectivity index (χ1n) is 8.60. The van der Waals surface area contributed by atoms with Crippen molar-refractivity contribution in [3.63, 3.8) is 0 Å². The summed E-state index contributed by atoms with van der Waals surface area (Å²) in [5.41, 5.74) is -0.0200. The van der Waals surface area contributed by atoms with Crippen molar-refractivity contribution >= 4 is 27.5 Å². The van der Waals surface area contributed by atoms with Crippen molar-refractivity contribution in [2.45, 2.75) is 28.2 Å². The van der Waals surface area contributed by atoms with E-state index in [1.165, 1.54) is 36.0 Å². The second-order valence-electron chi connectivity index (χ2n) is 6.60. The molecule has 0 saturated carbocycles. The number of ether oxygens (including phenoxy) is 2. The number of anilines is 1. The van der Waals surface area contributed by atoms with Crippen LogP contribution in [0.3, 0.4) is 0 Å². The third kappa shape index (κ3) is 5.02. The van der Waals surface area contributed by atoms with Gasteiger partial charge in [-0.1, -0.05) is 11.8 Å². The van der Waals surface area contributed by atoms with Crippen molar-refractivity contribution in [1.29, 1.82) is 0 Å². The van der Waals surface area contributed by atoms with Gasteiger partial charge < -0.3 is 9.47 Å². The molecule has 3 rings (SSSR count). The number of hydrogen-bond acceptors (Lipinski definition) is 5. The molecule has 9 heteroatoms. The fraction of sp³-hybridized carbons (Fsp3) is 0.368. The van der Waals surface area contributed by atoms with E-state index in [1.807, 2.05) is 6.07 Å². The Labute approximate surface area is 167 Å². The summed E-state index contributed by atoms with van der Waals surface area (Å²) in [5, 5.41) is 0. The minimum atomic E-state index is -3.58. The molecule has 28 heavy (non-hydrogen) atoms. The van der Waals surface area contributed by atoms with E-state index in [2.05, 4.69) is 4.72 Å². The molecule has 1 N–H and O–H groups in total. The lowest BCUT2D eigenvalue weighted by Crippen LogP contribution is -2.35. The van der Waals surface area contributed by atoms with Crippen molar-refractivity contribution in [1.82, 2.24) is 0 Å². The minimum absolute atomic E-state index is 0.132. The van der Waals surface area contributed by atoms with Crippen molar-refractivity contribution in [2.75, 3.05) is 31.3 Å². The molecule has 0 unspecified atom stereocenters. The van der Waals surface area contributed by atoms with E-state index in [0.29, 0.717) is 35.8 Å². The molecule has 0 aromatic heterocycles. The third-order valence-electron chi connectivity index (χ3n) is 4.56. The molecule has 1 saturated heterocycles. The molecular formula is C19H21F2NO4S2. The van der Waals surface area contributed by atoms with Crippen LogP contribution in [0.1, 0.15) is 18.4 Å². The Hall–Kier alpha value is -1.68. The van der Waals surface area contributed by atoms with E-state index in [9.17, 15) is 17.2 Å². The lowest BCUT2D eigenvalue weighted by Gasteiger charge is -2.36. The van der Waals surface area contributed by atoms with Gasteiger partial charge in [-0.05, 0) is 42.0 Å². The van der Waals surface area contributed by atoms with Gasteiger partial charge in [0.15, 0.2) is 0 Å². The summed E-state index contributed by atoms with van der Waals surface area (Å²) in [6.45, 7) is 1.07. The van der Waals surface area contributed by atoms with E-state index in [-0.39, 0.29) is 5.69 Å². The zero-order chi connectivity index (χ0) is 20.4. The fourth-order valence-corrected chi connectivity index (χ4v) is 4.67. The first-order chi connectivity index (χ1) is 13.2.